The molecular formula is C10H12FNO2. The number of hydrogen-bond donors (Lipinski definition) is 2. The van der Waals surface area contributed by atoms with Gasteiger partial charge in [-0.1, -0.05) is 12.1 Å². The van der Waals surface area contributed by atoms with E-state index in [0.717, 1.165) is 0 Å². The second-order valence-electron chi connectivity index (χ2n) is 3.03. The van der Waals surface area contributed by atoms with Crippen molar-refractivity contribution in [2.75, 3.05) is 7.05 Å². The first kappa shape index (κ1) is 10.7. The molecule has 0 heterocycles. The van der Waals surface area contributed by atoms with Crippen LogP contribution in [0.4, 0.5) is 4.39 Å². The predicted octanol–water partition coefficient (Wildman–Crippen LogP) is 0.914. The molecule has 0 aromatic heterocycles. The molecule has 4 heteroatoms. The molecule has 1 rings (SSSR count). The second kappa shape index (κ2) is 4.19. The van der Waals surface area contributed by atoms with Crippen molar-refractivity contribution < 1.29 is 14.3 Å². The predicted molar refractivity (Wildman–Crippen MR) is 50.2 cm³/mol. The van der Waals surface area contributed by atoms with Gasteiger partial charge in [0.1, 0.15) is 5.82 Å². The Morgan fingerprint density at radius 2 is 2.21 bits per heavy atom. The van der Waals surface area contributed by atoms with Crippen LogP contribution in [0.1, 0.15) is 17.2 Å². The van der Waals surface area contributed by atoms with Gasteiger partial charge in [0.2, 0.25) is 0 Å². The van der Waals surface area contributed by atoms with Crippen molar-refractivity contribution in [3.63, 3.8) is 0 Å². The standard InChI is InChI=1S/C10H12FNO2/c1-6-5-7(3-4-8(6)11)9(13)10(14)12-2/h3-5,9,13H,1-2H3,(H,12,14). The Hall–Kier alpha value is -1.42. The molecule has 0 spiro atoms. The molecule has 0 radical (unpaired) electrons. The molecule has 1 aromatic rings. The van der Waals surface area contributed by atoms with Crippen LogP contribution in [0.2, 0.25) is 0 Å². The lowest BCUT2D eigenvalue weighted by atomic mass is 10.1. The zero-order valence-electron chi connectivity index (χ0n) is 8.04. The van der Waals surface area contributed by atoms with Crippen LogP contribution in [0.3, 0.4) is 0 Å². The van der Waals surface area contributed by atoms with Crippen molar-refractivity contribution in [3.05, 3.63) is 35.1 Å². The number of benzene rings is 1. The Bertz CT molecular complexity index is 352. The second-order valence-corrected chi connectivity index (χ2v) is 3.03. The summed E-state index contributed by atoms with van der Waals surface area (Å²) in [6.07, 6.45) is -1.24. The fraction of sp³-hybridized carbons (Fsp3) is 0.300. The van der Waals surface area contributed by atoms with Crippen molar-refractivity contribution in [2.45, 2.75) is 13.0 Å². The third-order valence-corrected chi connectivity index (χ3v) is 1.99. The number of carbonyl (C=O) groups excluding carboxylic acids is 1. The topological polar surface area (TPSA) is 49.3 Å². The molecule has 0 fully saturated rings. The maximum Gasteiger partial charge on any atom is 0.253 e. The van der Waals surface area contributed by atoms with E-state index in [1.165, 1.54) is 25.2 Å². The number of rotatable bonds is 2. The Balaban J connectivity index is 2.96. The van der Waals surface area contributed by atoms with Gasteiger partial charge in [-0.2, -0.15) is 0 Å². The Labute approximate surface area is 81.6 Å². The van der Waals surface area contributed by atoms with Gasteiger partial charge in [0.15, 0.2) is 6.10 Å². The molecule has 0 aliphatic carbocycles. The van der Waals surface area contributed by atoms with E-state index >= 15 is 0 Å². The summed E-state index contributed by atoms with van der Waals surface area (Å²) >= 11 is 0. The van der Waals surface area contributed by atoms with Gasteiger partial charge < -0.3 is 10.4 Å². The zero-order valence-corrected chi connectivity index (χ0v) is 8.04. The average molecular weight is 197 g/mol. The molecule has 76 valence electrons. The summed E-state index contributed by atoms with van der Waals surface area (Å²) < 4.78 is 12.9. The van der Waals surface area contributed by atoms with E-state index in [0.29, 0.717) is 11.1 Å². The fourth-order valence-corrected chi connectivity index (χ4v) is 1.13. The van der Waals surface area contributed by atoms with E-state index in [-0.39, 0.29) is 5.82 Å². The Morgan fingerprint density at radius 1 is 1.57 bits per heavy atom. The summed E-state index contributed by atoms with van der Waals surface area (Å²) in [5, 5.41) is 11.8. The van der Waals surface area contributed by atoms with Gasteiger partial charge in [-0.05, 0) is 24.1 Å². The summed E-state index contributed by atoms with van der Waals surface area (Å²) in [4.78, 5) is 11.1. The normalized spacial score (nSPS) is 12.3. The third kappa shape index (κ3) is 2.09. The Morgan fingerprint density at radius 3 is 2.71 bits per heavy atom. The van der Waals surface area contributed by atoms with Crippen LogP contribution in [-0.2, 0) is 4.79 Å². The van der Waals surface area contributed by atoms with Gasteiger partial charge in [-0.3, -0.25) is 4.79 Å². The lowest BCUT2D eigenvalue weighted by molar-refractivity contribution is -0.129. The van der Waals surface area contributed by atoms with Crippen molar-refractivity contribution in [3.8, 4) is 0 Å². The van der Waals surface area contributed by atoms with Gasteiger partial charge >= 0.3 is 0 Å². The molecular weight excluding hydrogens is 185 g/mol. The SMILES string of the molecule is CNC(=O)C(O)c1ccc(F)c(C)c1. The number of hydrogen-bond acceptors (Lipinski definition) is 2. The van der Waals surface area contributed by atoms with E-state index in [4.69, 9.17) is 0 Å². The number of aliphatic hydroxyl groups is 1. The highest BCUT2D eigenvalue weighted by molar-refractivity contribution is 5.81. The molecule has 0 bridgehead atoms. The summed E-state index contributed by atoms with van der Waals surface area (Å²) in [6.45, 7) is 1.58. The van der Waals surface area contributed by atoms with Gasteiger partial charge in [0.25, 0.3) is 5.91 Å². The number of aliphatic hydroxyl groups excluding tert-OH is 1. The first-order chi connectivity index (χ1) is 6.56. The lowest BCUT2D eigenvalue weighted by Crippen LogP contribution is -2.25. The summed E-state index contributed by atoms with van der Waals surface area (Å²) in [7, 11) is 1.43. The summed E-state index contributed by atoms with van der Waals surface area (Å²) in [5.41, 5.74) is 0.800. The molecule has 0 aliphatic heterocycles. The fourth-order valence-electron chi connectivity index (χ4n) is 1.13. The number of halogens is 1. The van der Waals surface area contributed by atoms with Crippen LogP contribution in [0.25, 0.3) is 0 Å². The first-order valence-electron chi connectivity index (χ1n) is 4.22. The number of nitrogens with one attached hydrogen (secondary N) is 1. The van der Waals surface area contributed by atoms with Crippen LogP contribution in [0, 0.1) is 12.7 Å². The highest BCUT2D eigenvalue weighted by Crippen LogP contribution is 2.16. The van der Waals surface area contributed by atoms with E-state index < -0.39 is 12.0 Å². The molecule has 2 N–H and O–H groups in total. The van der Waals surface area contributed by atoms with Gasteiger partial charge in [0, 0.05) is 7.05 Å². The number of amides is 1. The van der Waals surface area contributed by atoms with Crippen molar-refractivity contribution >= 4 is 5.91 Å². The van der Waals surface area contributed by atoms with Crippen LogP contribution in [0.5, 0.6) is 0 Å². The van der Waals surface area contributed by atoms with Crippen LogP contribution in [-0.4, -0.2) is 18.1 Å². The summed E-state index contributed by atoms with van der Waals surface area (Å²) in [5.74, 6) is -0.853. The van der Waals surface area contributed by atoms with Crippen molar-refractivity contribution in [1.29, 1.82) is 0 Å². The zero-order chi connectivity index (χ0) is 10.7. The smallest absolute Gasteiger partial charge is 0.253 e. The summed E-state index contributed by atoms with van der Waals surface area (Å²) in [6, 6.07) is 4.08. The van der Waals surface area contributed by atoms with Crippen LogP contribution in [0.15, 0.2) is 18.2 Å². The number of aryl methyl sites for hydroxylation is 1. The third-order valence-electron chi connectivity index (χ3n) is 1.99. The van der Waals surface area contributed by atoms with Crippen LogP contribution >= 0.6 is 0 Å². The highest BCUT2D eigenvalue weighted by atomic mass is 19.1. The number of likely N-dealkylation sites (N-methyl/N-ethyl adjacent to an activating group) is 1. The first-order valence-corrected chi connectivity index (χ1v) is 4.22. The van der Waals surface area contributed by atoms with Gasteiger partial charge in [-0.15, -0.1) is 0 Å². The molecule has 3 nitrogen and oxygen atoms in total. The van der Waals surface area contributed by atoms with E-state index in [1.807, 2.05) is 0 Å². The maximum absolute atomic E-state index is 12.9. The Kier molecular flexibility index (Phi) is 3.19. The minimum atomic E-state index is -1.24. The van der Waals surface area contributed by atoms with Gasteiger partial charge in [-0.25, -0.2) is 4.39 Å². The maximum atomic E-state index is 12.9. The van der Waals surface area contributed by atoms with E-state index in [1.54, 1.807) is 6.92 Å². The molecule has 0 saturated heterocycles. The van der Waals surface area contributed by atoms with Crippen molar-refractivity contribution in [2.24, 2.45) is 0 Å². The molecule has 0 aliphatic rings. The van der Waals surface area contributed by atoms with E-state index in [9.17, 15) is 14.3 Å². The van der Waals surface area contributed by atoms with Crippen molar-refractivity contribution in [1.82, 2.24) is 5.32 Å². The molecule has 1 aromatic carbocycles. The number of carbonyl (C=O) groups is 1. The quantitative estimate of drug-likeness (QED) is 0.740. The minimum absolute atomic E-state index is 0.349. The highest BCUT2D eigenvalue weighted by Gasteiger charge is 2.16. The lowest BCUT2D eigenvalue weighted by Gasteiger charge is -2.09. The van der Waals surface area contributed by atoms with E-state index in [2.05, 4.69) is 5.32 Å². The monoisotopic (exact) mass is 197 g/mol. The minimum Gasteiger partial charge on any atom is -0.378 e. The molecule has 1 unspecified atom stereocenters. The molecule has 14 heavy (non-hydrogen) atoms. The largest absolute Gasteiger partial charge is 0.378 e. The van der Waals surface area contributed by atoms with Gasteiger partial charge in [0.05, 0.1) is 0 Å². The van der Waals surface area contributed by atoms with Crippen LogP contribution < -0.4 is 5.32 Å². The molecule has 0 saturated carbocycles. The molecule has 1 amide bonds. The average Bonchev–Trinajstić information content (AvgIpc) is 2.20. The molecule has 1 atom stereocenters.